The minimum atomic E-state index is -4.91. The van der Waals surface area contributed by atoms with Gasteiger partial charge in [0.2, 0.25) is 0 Å². The molecule has 348 valence electrons. The van der Waals surface area contributed by atoms with Crippen LogP contribution in [0.15, 0.2) is 121 Å². The summed E-state index contributed by atoms with van der Waals surface area (Å²) in [7, 11) is -4.91. The average Bonchev–Trinajstić information content (AvgIpc) is 3.33. The standard InChI is InChI=1S/C53H64F2NO8P/c1-5-9-11-13-15-17-39-60-49-35-27-43(28-36-49)41-19-23-45(24-20-41)51(57)56(48-33-31-47(32-34-48)53(54,55)65(59,62-7-3)63-8-4)64-52(58)46-25-21-42(22-26-46)44-29-37-50(38-30-44)61-40-18-16-14-12-10-6-2/h19-38H,5-18,39-40H2,1-4H3. The molecule has 0 bridgehead atoms. The van der Waals surface area contributed by atoms with E-state index >= 15 is 8.78 Å². The Hall–Kier alpha value is -5.35. The second kappa shape index (κ2) is 26.0. The van der Waals surface area contributed by atoms with Gasteiger partial charge in [0.1, 0.15) is 11.5 Å². The Morgan fingerprint density at radius 2 is 0.892 bits per heavy atom. The van der Waals surface area contributed by atoms with Crippen LogP contribution >= 0.6 is 7.60 Å². The fourth-order valence-electron chi connectivity index (χ4n) is 7.20. The fourth-order valence-corrected chi connectivity index (χ4v) is 8.74. The molecule has 0 spiro atoms. The van der Waals surface area contributed by atoms with E-state index in [1.54, 1.807) is 48.5 Å². The summed E-state index contributed by atoms with van der Waals surface area (Å²) >= 11 is 0. The molecule has 0 heterocycles. The van der Waals surface area contributed by atoms with Gasteiger partial charge < -0.3 is 23.4 Å². The van der Waals surface area contributed by atoms with Crippen molar-refractivity contribution in [2.45, 2.75) is 110 Å². The maximum atomic E-state index is 15.7. The third-order valence-electron chi connectivity index (χ3n) is 10.9. The lowest BCUT2D eigenvalue weighted by molar-refractivity contribution is 0.0359. The van der Waals surface area contributed by atoms with Gasteiger partial charge in [0.15, 0.2) is 0 Å². The Morgan fingerprint density at radius 1 is 0.508 bits per heavy atom. The first-order chi connectivity index (χ1) is 31.5. The summed E-state index contributed by atoms with van der Waals surface area (Å²) < 4.78 is 66.3. The van der Waals surface area contributed by atoms with Gasteiger partial charge in [-0.2, -0.15) is 8.78 Å². The van der Waals surface area contributed by atoms with Gasteiger partial charge in [-0.15, -0.1) is 5.06 Å². The number of ether oxygens (including phenoxy) is 2. The summed E-state index contributed by atoms with van der Waals surface area (Å²) in [4.78, 5) is 33.7. The normalized spacial score (nSPS) is 11.6. The molecule has 5 rings (SSSR count). The zero-order valence-corrected chi connectivity index (χ0v) is 39.2. The number of hydrogen-bond acceptors (Lipinski definition) is 8. The molecule has 0 aromatic heterocycles. The van der Waals surface area contributed by atoms with Crippen LogP contribution in [0.4, 0.5) is 14.5 Å². The second-order valence-corrected chi connectivity index (χ2v) is 17.9. The highest BCUT2D eigenvalue weighted by atomic mass is 31.2. The second-order valence-electron chi connectivity index (χ2n) is 15.8. The van der Waals surface area contributed by atoms with Gasteiger partial charge in [-0.05, 0) is 110 Å². The summed E-state index contributed by atoms with van der Waals surface area (Å²) in [5.74, 6) is -0.0195. The van der Waals surface area contributed by atoms with E-state index < -0.39 is 30.7 Å². The number of amides is 1. The van der Waals surface area contributed by atoms with Crippen molar-refractivity contribution in [2.24, 2.45) is 0 Å². The first kappa shape index (κ1) is 50.6. The largest absolute Gasteiger partial charge is 0.494 e. The molecule has 0 saturated carbocycles. The molecule has 0 radical (unpaired) electrons. The van der Waals surface area contributed by atoms with E-state index in [-0.39, 0.29) is 30.0 Å². The monoisotopic (exact) mass is 911 g/mol. The molecule has 12 heteroatoms. The summed E-state index contributed by atoms with van der Waals surface area (Å²) in [6.45, 7) is 8.10. The van der Waals surface area contributed by atoms with Crippen molar-refractivity contribution in [1.29, 1.82) is 0 Å². The molecular weight excluding hydrogens is 848 g/mol. The number of carbonyl (C=O) groups is 2. The van der Waals surface area contributed by atoms with Crippen LogP contribution in [0.25, 0.3) is 22.3 Å². The van der Waals surface area contributed by atoms with Crippen LogP contribution in [0.2, 0.25) is 0 Å². The number of hydrogen-bond donors (Lipinski definition) is 0. The molecule has 0 atom stereocenters. The van der Waals surface area contributed by atoms with E-state index in [1.807, 2.05) is 48.5 Å². The summed E-state index contributed by atoms with van der Waals surface area (Å²) in [6, 6.07) is 33.3. The third kappa shape index (κ3) is 14.6. The van der Waals surface area contributed by atoms with E-state index in [1.165, 1.54) is 77.3 Å². The summed E-state index contributed by atoms with van der Waals surface area (Å²) in [6.07, 6.45) is 14.2. The minimum Gasteiger partial charge on any atom is -0.494 e. The molecular formula is C53H64F2NO8P. The summed E-state index contributed by atoms with van der Waals surface area (Å²) in [5, 5.41) is 0.762. The van der Waals surface area contributed by atoms with E-state index in [9.17, 15) is 14.2 Å². The maximum absolute atomic E-state index is 15.7. The number of rotatable bonds is 27. The number of unbranched alkanes of at least 4 members (excludes halogenated alkanes) is 10. The van der Waals surface area contributed by atoms with Gasteiger partial charge in [-0.3, -0.25) is 9.36 Å². The molecule has 1 amide bonds. The van der Waals surface area contributed by atoms with Crippen LogP contribution in [0.5, 0.6) is 11.5 Å². The number of carbonyl (C=O) groups excluding carboxylic acids is 2. The zero-order chi connectivity index (χ0) is 46.5. The number of hydroxylamine groups is 1. The highest BCUT2D eigenvalue weighted by molar-refractivity contribution is 7.54. The fraction of sp³-hybridized carbons (Fsp3) is 0.396. The minimum absolute atomic E-state index is 0.0263. The van der Waals surface area contributed by atoms with Gasteiger partial charge >= 0.3 is 19.2 Å². The number of anilines is 1. The molecule has 0 unspecified atom stereocenters. The predicted molar refractivity (Wildman–Crippen MR) is 255 cm³/mol. The quantitative estimate of drug-likeness (QED) is 0.0292. The lowest BCUT2D eigenvalue weighted by atomic mass is 10.0. The highest BCUT2D eigenvalue weighted by Gasteiger charge is 2.54. The van der Waals surface area contributed by atoms with Crippen LogP contribution in [0.1, 0.15) is 131 Å². The lowest BCUT2D eigenvalue weighted by Gasteiger charge is -2.26. The van der Waals surface area contributed by atoms with Crippen LogP contribution in [0, 0.1) is 0 Å². The van der Waals surface area contributed by atoms with E-state index in [0.29, 0.717) is 13.2 Å². The van der Waals surface area contributed by atoms with Crippen molar-refractivity contribution in [1.82, 2.24) is 0 Å². The molecule has 0 saturated heterocycles. The Labute approximate surface area is 383 Å². The predicted octanol–water partition coefficient (Wildman–Crippen LogP) is 15.2. The van der Waals surface area contributed by atoms with Crippen molar-refractivity contribution in [3.63, 3.8) is 0 Å². The van der Waals surface area contributed by atoms with Crippen molar-refractivity contribution >= 4 is 25.2 Å². The van der Waals surface area contributed by atoms with Crippen molar-refractivity contribution < 1.29 is 46.3 Å². The van der Waals surface area contributed by atoms with Gasteiger partial charge in [0.25, 0.3) is 5.91 Å². The molecule has 5 aromatic carbocycles. The zero-order valence-electron chi connectivity index (χ0n) is 38.3. The molecule has 5 aromatic rings. The summed E-state index contributed by atoms with van der Waals surface area (Å²) in [5.41, 5.74) is -0.881. The van der Waals surface area contributed by atoms with E-state index in [2.05, 4.69) is 13.8 Å². The highest BCUT2D eigenvalue weighted by Crippen LogP contribution is 2.66. The SMILES string of the molecule is CCCCCCCCOc1ccc(-c2ccc(C(=O)ON(C(=O)c3ccc(-c4ccc(OCCCCCCCC)cc4)cc3)c3ccc(C(F)(F)P(=O)(OCC)OCC)cc3)cc2)cc1. The van der Waals surface area contributed by atoms with Crippen LogP contribution in [0.3, 0.4) is 0 Å². The number of nitrogens with zero attached hydrogens (tertiary/aromatic N) is 1. The van der Waals surface area contributed by atoms with Crippen molar-refractivity contribution in [3.05, 3.63) is 138 Å². The molecule has 65 heavy (non-hydrogen) atoms. The Bertz CT molecular complexity index is 2220. The topological polar surface area (TPSA) is 101 Å². The van der Waals surface area contributed by atoms with Gasteiger partial charge in [-0.1, -0.05) is 139 Å². The van der Waals surface area contributed by atoms with E-state index in [4.69, 9.17) is 23.4 Å². The Morgan fingerprint density at radius 3 is 1.31 bits per heavy atom. The molecule has 0 N–H and O–H groups in total. The number of alkyl halides is 2. The Kier molecular flexibility index (Phi) is 20.2. The van der Waals surface area contributed by atoms with Crippen molar-refractivity contribution in [2.75, 3.05) is 31.5 Å². The number of halogens is 2. The lowest BCUT2D eigenvalue weighted by Crippen LogP contribution is -2.33. The first-order valence-corrected chi connectivity index (χ1v) is 24.7. The molecule has 0 fully saturated rings. The van der Waals surface area contributed by atoms with Crippen LogP contribution in [-0.2, 0) is 24.1 Å². The van der Waals surface area contributed by atoms with E-state index in [0.717, 1.165) is 76.6 Å². The van der Waals surface area contributed by atoms with Gasteiger partial charge in [0.05, 0.1) is 37.7 Å². The van der Waals surface area contributed by atoms with Crippen LogP contribution in [-0.4, -0.2) is 38.3 Å². The average molecular weight is 912 g/mol. The maximum Gasteiger partial charge on any atom is 0.404 e. The smallest absolute Gasteiger partial charge is 0.404 e. The third-order valence-corrected chi connectivity index (χ3v) is 13.1. The molecule has 0 aliphatic carbocycles. The number of benzene rings is 5. The first-order valence-electron chi connectivity index (χ1n) is 23.1. The molecule has 9 nitrogen and oxygen atoms in total. The molecule has 0 aliphatic heterocycles. The van der Waals surface area contributed by atoms with Gasteiger partial charge in [0, 0.05) is 11.1 Å². The van der Waals surface area contributed by atoms with Crippen LogP contribution < -0.4 is 14.5 Å². The Balaban J connectivity index is 1.31. The van der Waals surface area contributed by atoms with Crippen molar-refractivity contribution in [3.8, 4) is 33.8 Å². The molecule has 0 aliphatic rings. The van der Waals surface area contributed by atoms with Gasteiger partial charge in [-0.25, -0.2) is 4.79 Å².